The molecule has 0 saturated heterocycles. The topological polar surface area (TPSA) is 66.4 Å². The van der Waals surface area contributed by atoms with Crippen molar-refractivity contribution in [3.8, 4) is 0 Å². The third kappa shape index (κ3) is 4.05. The number of carboxylic acids is 1. The average molecular weight is 247 g/mol. The largest absolute Gasteiger partial charge is 0.478 e. The molecule has 0 bridgehead atoms. The molecule has 4 heteroatoms. The normalized spacial score (nSPS) is 12.3. The van der Waals surface area contributed by atoms with E-state index in [1.165, 1.54) is 0 Å². The number of nitrogens with one attached hydrogen (secondary N) is 1. The molecule has 0 fully saturated rings. The third-order valence-corrected chi connectivity index (χ3v) is 2.74. The van der Waals surface area contributed by atoms with Gasteiger partial charge in [-0.05, 0) is 24.0 Å². The molecule has 0 spiro atoms. The van der Waals surface area contributed by atoms with Crippen molar-refractivity contribution in [1.82, 2.24) is 0 Å². The lowest BCUT2D eigenvalue weighted by molar-refractivity contribution is -0.131. The second kappa shape index (κ2) is 6.59. The summed E-state index contributed by atoms with van der Waals surface area (Å²) in [6.07, 6.45) is 2.80. The van der Waals surface area contributed by atoms with Crippen LogP contribution >= 0.6 is 0 Å². The molecule has 1 unspecified atom stereocenters. The number of anilines is 1. The number of aliphatic carboxylic acids is 1. The Morgan fingerprint density at radius 3 is 2.61 bits per heavy atom. The van der Waals surface area contributed by atoms with Crippen molar-refractivity contribution in [2.75, 3.05) is 5.32 Å². The van der Waals surface area contributed by atoms with Gasteiger partial charge in [0.15, 0.2) is 0 Å². The first-order chi connectivity index (χ1) is 8.54. The molecule has 18 heavy (non-hydrogen) atoms. The monoisotopic (exact) mass is 247 g/mol. The minimum atomic E-state index is -1.14. The summed E-state index contributed by atoms with van der Waals surface area (Å²) in [4.78, 5) is 21.8. The van der Waals surface area contributed by atoms with Crippen molar-refractivity contribution in [3.05, 3.63) is 42.0 Å². The summed E-state index contributed by atoms with van der Waals surface area (Å²) in [7, 11) is 0. The van der Waals surface area contributed by atoms with Crippen LogP contribution in [-0.2, 0) is 9.59 Å². The Kier molecular flexibility index (Phi) is 5.11. The molecular weight excluding hydrogens is 230 g/mol. The molecule has 0 saturated carbocycles. The van der Waals surface area contributed by atoms with Gasteiger partial charge in [-0.25, -0.2) is 4.79 Å². The Bertz CT molecular complexity index is 466. The molecule has 0 aromatic heterocycles. The number of carboxylic acid groups (broad SMARTS) is 1. The number of rotatable bonds is 5. The third-order valence-electron chi connectivity index (χ3n) is 2.74. The van der Waals surface area contributed by atoms with E-state index in [4.69, 9.17) is 5.11 Å². The van der Waals surface area contributed by atoms with Crippen LogP contribution in [-0.4, -0.2) is 17.0 Å². The summed E-state index contributed by atoms with van der Waals surface area (Å²) >= 11 is 0. The van der Waals surface area contributed by atoms with Crippen molar-refractivity contribution in [2.24, 2.45) is 0 Å². The van der Waals surface area contributed by atoms with Gasteiger partial charge in [0.25, 0.3) is 0 Å². The van der Waals surface area contributed by atoms with Gasteiger partial charge in [-0.2, -0.15) is 0 Å². The minimum absolute atomic E-state index is 0.338. The lowest BCUT2D eigenvalue weighted by atomic mass is 9.97. The van der Waals surface area contributed by atoms with Crippen molar-refractivity contribution < 1.29 is 14.7 Å². The lowest BCUT2D eigenvalue weighted by Gasteiger charge is -2.14. The summed E-state index contributed by atoms with van der Waals surface area (Å²) in [6, 6.07) is 7.53. The minimum Gasteiger partial charge on any atom is -0.478 e. The van der Waals surface area contributed by atoms with Crippen LogP contribution in [0.25, 0.3) is 0 Å². The molecule has 0 heterocycles. The molecule has 1 rings (SSSR count). The van der Waals surface area contributed by atoms with Crippen LogP contribution in [0.2, 0.25) is 0 Å². The van der Waals surface area contributed by atoms with E-state index in [9.17, 15) is 9.59 Å². The Balaban J connectivity index is 2.84. The molecular formula is C14H17NO3. The number of carbonyl (C=O) groups is 2. The maximum absolute atomic E-state index is 11.5. The van der Waals surface area contributed by atoms with Gasteiger partial charge in [-0.1, -0.05) is 32.0 Å². The number of amides is 1. The van der Waals surface area contributed by atoms with Gasteiger partial charge in [0.2, 0.25) is 5.91 Å². The van der Waals surface area contributed by atoms with E-state index in [0.717, 1.165) is 29.8 Å². The second-order valence-corrected chi connectivity index (χ2v) is 4.06. The van der Waals surface area contributed by atoms with Crippen LogP contribution in [0.3, 0.4) is 0 Å². The first kappa shape index (κ1) is 14.0. The van der Waals surface area contributed by atoms with Crippen LogP contribution in [0, 0.1) is 0 Å². The Hall–Kier alpha value is -2.10. The molecule has 0 aliphatic carbocycles. The van der Waals surface area contributed by atoms with Gasteiger partial charge < -0.3 is 10.4 Å². The molecule has 2 N–H and O–H groups in total. The van der Waals surface area contributed by atoms with Gasteiger partial charge in [-0.3, -0.25) is 4.79 Å². The van der Waals surface area contributed by atoms with Gasteiger partial charge in [0.05, 0.1) is 0 Å². The predicted molar refractivity (Wildman–Crippen MR) is 70.6 cm³/mol. The summed E-state index contributed by atoms with van der Waals surface area (Å²) in [5.41, 5.74) is 1.78. The second-order valence-electron chi connectivity index (χ2n) is 4.06. The zero-order chi connectivity index (χ0) is 13.5. The predicted octanol–water partition coefficient (Wildman–Crippen LogP) is 2.78. The van der Waals surface area contributed by atoms with E-state index in [-0.39, 0.29) is 0 Å². The zero-order valence-electron chi connectivity index (χ0n) is 10.5. The van der Waals surface area contributed by atoms with Gasteiger partial charge in [-0.15, -0.1) is 0 Å². The number of benzene rings is 1. The Labute approximate surface area is 106 Å². The number of para-hydroxylation sites is 1. The molecule has 0 aliphatic rings. The van der Waals surface area contributed by atoms with E-state index in [0.29, 0.717) is 5.92 Å². The maximum Gasteiger partial charge on any atom is 0.328 e. The van der Waals surface area contributed by atoms with Gasteiger partial charge in [0, 0.05) is 17.8 Å². The van der Waals surface area contributed by atoms with Crippen LogP contribution in [0.4, 0.5) is 5.69 Å². The van der Waals surface area contributed by atoms with Crippen molar-refractivity contribution in [1.29, 1.82) is 0 Å². The van der Waals surface area contributed by atoms with Crippen LogP contribution in [0.1, 0.15) is 31.7 Å². The quantitative estimate of drug-likeness (QED) is 0.786. The summed E-state index contributed by atoms with van der Waals surface area (Å²) in [6.45, 7) is 4.16. The Morgan fingerprint density at radius 1 is 1.33 bits per heavy atom. The average Bonchev–Trinajstić information content (AvgIpc) is 2.36. The standard InChI is InChI=1S/C14H17NO3/c1-3-10(2)11-6-4-5-7-12(11)15-13(16)8-9-14(17)18/h4-10H,3H2,1-2H3,(H,15,16)(H,17,18)/b9-8-. The summed E-state index contributed by atoms with van der Waals surface area (Å²) in [5, 5.41) is 11.1. The highest BCUT2D eigenvalue weighted by Crippen LogP contribution is 2.26. The van der Waals surface area contributed by atoms with E-state index in [2.05, 4.69) is 19.2 Å². The number of carbonyl (C=O) groups excluding carboxylic acids is 1. The molecule has 0 radical (unpaired) electrons. The molecule has 1 atom stereocenters. The van der Waals surface area contributed by atoms with Crippen LogP contribution in [0.15, 0.2) is 36.4 Å². The van der Waals surface area contributed by atoms with Crippen molar-refractivity contribution >= 4 is 17.6 Å². The molecule has 4 nitrogen and oxygen atoms in total. The molecule has 1 amide bonds. The van der Waals surface area contributed by atoms with E-state index in [1.807, 2.05) is 24.3 Å². The molecule has 96 valence electrons. The molecule has 1 aromatic rings. The van der Waals surface area contributed by atoms with E-state index in [1.54, 1.807) is 0 Å². The lowest BCUT2D eigenvalue weighted by Crippen LogP contribution is -2.11. The zero-order valence-corrected chi connectivity index (χ0v) is 10.5. The highest BCUT2D eigenvalue weighted by Gasteiger charge is 2.09. The first-order valence-electron chi connectivity index (χ1n) is 5.85. The maximum atomic E-state index is 11.5. The number of hydrogen-bond donors (Lipinski definition) is 2. The summed E-state index contributed by atoms with van der Waals surface area (Å²) < 4.78 is 0. The Morgan fingerprint density at radius 2 is 2.00 bits per heavy atom. The van der Waals surface area contributed by atoms with Crippen LogP contribution < -0.4 is 5.32 Å². The van der Waals surface area contributed by atoms with E-state index < -0.39 is 11.9 Å². The first-order valence-corrected chi connectivity index (χ1v) is 5.85. The van der Waals surface area contributed by atoms with Crippen molar-refractivity contribution in [3.63, 3.8) is 0 Å². The fraction of sp³-hybridized carbons (Fsp3) is 0.286. The van der Waals surface area contributed by atoms with Crippen LogP contribution in [0.5, 0.6) is 0 Å². The highest BCUT2D eigenvalue weighted by atomic mass is 16.4. The summed E-state index contributed by atoms with van der Waals surface area (Å²) in [5.74, 6) is -1.24. The fourth-order valence-electron chi connectivity index (χ4n) is 1.58. The SMILES string of the molecule is CCC(C)c1ccccc1NC(=O)/C=C\C(=O)O. The molecule has 1 aromatic carbocycles. The smallest absolute Gasteiger partial charge is 0.328 e. The van der Waals surface area contributed by atoms with Gasteiger partial charge >= 0.3 is 5.97 Å². The number of hydrogen-bond acceptors (Lipinski definition) is 2. The van der Waals surface area contributed by atoms with Gasteiger partial charge in [0.1, 0.15) is 0 Å². The highest BCUT2D eigenvalue weighted by molar-refractivity contribution is 6.02. The van der Waals surface area contributed by atoms with E-state index >= 15 is 0 Å². The fourth-order valence-corrected chi connectivity index (χ4v) is 1.58. The van der Waals surface area contributed by atoms with Crippen molar-refractivity contribution in [2.45, 2.75) is 26.2 Å². The molecule has 0 aliphatic heterocycles.